The summed E-state index contributed by atoms with van der Waals surface area (Å²) in [7, 11) is 0. The summed E-state index contributed by atoms with van der Waals surface area (Å²) in [5.41, 5.74) is 4.75. The van der Waals surface area contributed by atoms with Crippen molar-refractivity contribution in [2.45, 2.75) is 18.2 Å². The smallest absolute Gasteiger partial charge is 0.346 e. The highest BCUT2D eigenvalue weighted by atomic mass is 79.9. The lowest BCUT2D eigenvalue weighted by Gasteiger charge is -2.38. The Morgan fingerprint density at radius 2 is 1.78 bits per heavy atom. The van der Waals surface area contributed by atoms with Gasteiger partial charge in [0.05, 0.1) is 23.0 Å². The van der Waals surface area contributed by atoms with E-state index in [0.29, 0.717) is 30.1 Å². The first-order valence-electron chi connectivity index (χ1n) is 14.4. The van der Waals surface area contributed by atoms with Crippen LogP contribution in [0.2, 0.25) is 0 Å². The number of carboxylic acids is 1. The minimum Gasteiger partial charge on any atom is -0.477 e. The number of piperazine rings is 1. The molecule has 1 fully saturated rings. The lowest BCUT2D eigenvalue weighted by molar-refractivity contribution is 0.0700. The Balaban J connectivity index is 1.27. The van der Waals surface area contributed by atoms with Gasteiger partial charge in [-0.15, -0.1) is 22.7 Å². The van der Waals surface area contributed by atoms with Gasteiger partial charge in [-0.25, -0.2) is 4.79 Å². The highest BCUT2D eigenvalue weighted by Crippen LogP contribution is 2.40. The van der Waals surface area contributed by atoms with Crippen LogP contribution < -0.4 is 9.21 Å². The molecule has 1 N–H and O–H groups in total. The third-order valence-electron chi connectivity index (χ3n) is 7.87. The van der Waals surface area contributed by atoms with Crippen LogP contribution in [0.15, 0.2) is 87.5 Å². The molecule has 0 saturated carbocycles. The normalized spacial score (nSPS) is 13.2. The predicted molar refractivity (Wildman–Crippen MR) is 188 cm³/mol. The Kier molecular flexibility index (Phi) is 9.47. The number of carboxylic acid groups (broad SMARTS) is 1. The number of benzene rings is 3. The summed E-state index contributed by atoms with van der Waals surface area (Å²) in [5, 5.41) is 21.8. The number of nitriles is 1. The third kappa shape index (κ3) is 6.75. The maximum atomic E-state index is 13.1. The van der Waals surface area contributed by atoms with Gasteiger partial charge in [-0.3, -0.25) is 4.79 Å². The molecule has 0 atom stereocenters. The second kappa shape index (κ2) is 13.7. The van der Waals surface area contributed by atoms with Gasteiger partial charge >= 0.3 is 5.97 Å². The molecular formula is C34H29BrN4O3S3. The van der Waals surface area contributed by atoms with Gasteiger partial charge in [-0.2, -0.15) is 5.26 Å². The number of hydrogen-bond donors (Lipinski definition) is 1. The van der Waals surface area contributed by atoms with Gasteiger partial charge in [-0.1, -0.05) is 24.3 Å². The zero-order chi connectivity index (χ0) is 31.5. The average molecular weight is 718 g/mol. The highest BCUT2D eigenvalue weighted by molar-refractivity contribution is 9.10. The van der Waals surface area contributed by atoms with Crippen molar-refractivity contribution in [3.63, 3.8) is 0 Å². The topological polar surface area (TPSA) is 87.9 Å². The Morgan fingerprint density at radius 3 is 2.47 bits per heavy atom. The fourth-order valence-electron chi connectivity index (χ4n) is 5.46. The standard InChI is InChI=1S/C34H29BrN4O3S3/c1-22-26-20-25(10-11-30(26)44-31(22)34(41)42)45-39(14-12-23-6-8-24(21-36)9-7-23)29-5-3-2-4-28(29)37-15-17-38(18-16-37)33(40)32-27(35)13-19-43-32/h2-11,13,19-20H,12,14-18H2,1H3,(H,41,42). The molecule has 0 bridgehead atoms. The molecule has 1 saturated heterocycles. The summed E-state index contributed by atoms with van der Waals surface area (Å²) in [6, 6.07) is 26.3. The number of anilines is 2. The Labute approximate surface area is 282 Å². The van der Waals surface area contributed by atoms with Gasteiger partial charge in [0, 0.05) is 46.8 Å². The van der Waals surface area contributed by atoms with E-state index in [1.54, 1.807) is 11.9 Å². The molecule has 6 rings (SSSR count). The summed E-state index contributed by atoms with van der Waals surface area (Å²) in [4.78, 5) is 31.3. The van der Waals surface area contributed by atoms with E-state index in [1.807, 2.05) is 59.7 Å². The van der Waals surface area contributed by atoms with Crippen LogP contribution in [-0.4, -0.2) is 54.6 Å². The van der Waals surface area contributed by atoms with Gasteiger partial charge < -0.3 is 19.2 Å². The fourth-order valence-corrected chi connectivity index (χ4v) is 8.99. The third-order valence-corrected chi connectivity index (χ3v) is 12.0. The first-order chi connectivity index (χ1) is 21.8. The van der Waals surface area contributed by atoms with E-state index in [-0.39, 0.29) is 5.91 Å². The fraction of sp³-hybridized carbons (Fsp3) is 0.206. The number of nitrogens with zero attached hydrogens (tertiary/aromatic N) is 4. The number of thiophene rings is 2. The lowest BCUT2D eigenvalue weighted by atomic mass is 10.1. The van der Waals surface area contributed by atoms with Crippen LogP contribution in [0.3, 0.4) is 0 Å². The number of aryl methyl sites for hydroxylation is 1. The van der Waals surface area contributed by atoms with E-state index in [2.05, 4.69) is 61.5 Å². The minimum atomic E-state index is -0.898. The van der Waals surface area contributed by atoms with Crippen molar-refractivity contribution < 1.29 is 14.7 Å². The molecular weight excluding hydrogens is 689 g/mol. The van der Waals surface area contributed by atoms with Crippen LogP contribution in [0.4, 0.5) is 11.4 Å². The molecule has 1 amide bonds. The molecule has 45 heavy (non-hydrogen) atoms. The number of halogens is 1. The van der Waals surface area contributed by atoms with Crippen molar-refractivity contribution in [3.05, 3.63) is 109 Å². The molecule has 11 heteroatoms. The van der Waals surface area contributed by atoms with Crippen molar-refractivity contribution in [1.82, 2.24) is 4.90 Å². The minimum absolute atomic E-state index is 0.0644. The first-order valence-corrected chi connectivity index (χ1v) is 17.7. The molecule has 7 nitrogen and oxygen atoms in total. The zero-order valence-electron chi connectivity index (χ0n) is 24.4. The first kappa shape index (κ1) is 31.2. The number of fused-ring (bicyclic) bond motifs is 1. The SMILES string of the molecule is Cc1c(C(=O)O)sc2ccc(SN(CCc3ccc(C#N)cc3)c3ccccc3N3CCN(C(=O)c4sccc4Br)CC3)cc12. The second-order valence-corrected chi connectivity index (χ2v) is 14.6. The summed E-state index contributed by atoms with van der Waals surface area (Å²) >= 11 is 7.91. The lowest BCUT2D eigenvalue weighted by Crippen LogP contribution is -2.49. The van der Waals surface area contributed by atoms with Crippen molar-refractivity contribution >= 4 is 83.9 Å². The van der Waals surface area contributed by atoms with Gasteiger partial charge in [0.25, 0.3) is 5.91 Å². The van der Waals surface area contributed by atoms with Crippen molar-refractivity contribution in [1.29, 1.82) is 5.26 Å². The van der Waals surface area contributed by atoms with Crippen LogP contribution in [0.5, 0.6) is 0 Å². The van der Waals surface area contributed by atoms with Gasteiger partial charge in [-0.05, 0) is 112 Å². The van der Waals surface area contributed by atoms with E-state index in [0.717, 1.165) is 66.3 Å². The molecule has 5 aromatic rings. The molecule has 1 aliphatic heterocycles. The maximum Gasteiger partial charge on any atom is 0.346 e. The Hall–Kier alpha value is -3.82. The molecule has 228 valence electrons. The number of carbonyl (C=O) groups excluding carboxylic acids is 1. The molecule has 0 aliphatic carbocycles. The highest BCUT2D eigenvalue weighted by Gasteiger charge is 2.26. The molecule has 0 spiro atoms. The van der Waals surface area contributed by atoms with Crippen LogP contribution in [0, 0.1) is 18.3 Å². The number of para-hydroxylation sites is 2. The maximum absolute atomic E-state index is 13.1. The Morgan fingerprint density at radius 1 is 1.02 bits per heavy atom. The van der Waals surface area contributed by atoms with Crippen LogP contribution in [0.1, 0.15) is 36.0 Å². The average Bonchev–Trinajstić information content (AvgIpc) is 3.65. The number of aromatic carboxylic acids is 1. The van der Waals surface area contributed by atoms with Crippen LogP contribution in [0.25, 0.3) is 10.1 Å². The molecule has 3 heterocycles. The van der Waals surface area contributed by atoms with Gasteiger partial charge in [0.15, 0.2) is 0 Å². The summed E-state index contributed by atoms with van der Waals surface area (Å²) in [6.45, 7) is 5.29. The summed E-state index contributed by atoms with van der Waals surface area (Å²) in [6.07, 6.45) is 0.772. The Bertz CT molecular complexity index is 1910. The van der Waals surface area contributed by atoms with E-state index in [1.165, 1.54) is 22.7 Å². The molecule has 1 aliphatic rings. The number of rotatable bonds is 9. The largest absolute Gasteiger partial charge is 0.477 e. The van der Waals surface area contributed by atoms with E-state index in [9.17, 15) is 20.0 Å². The monoisotopic (exact) mass is 716 g/mol. The number of hydrogen-bond acceptors (Lipinski definition) is 8. The molecule has 3 aromatic carbocycles. The van der Waals surface area contributed by atoms with Crippen molar-refractivity contribution in [2.24, 2.45) is 0 Å². The van der Waals surface area contributed by atoms with E-state index < -0.39 is 5.97 Å². The summed E-state index contributed by atoms with van der Waals surface area (Å²) < 4.78 is 4.10. The van der Waals surface area contributed by atoms with E-state index in [4.69, 9.17) is 0 Å². The van der Waals surface area contributed by atoms with Gasteiger partial charge in [0.2, 0.25) is 0 Å². The second-order valence-electron chi connectivity index (χ2n) is 10.6. The number of amides is 1. The van der Waals surface area contributed by atoms with Crippen molar-refractivity contribution in [3.8, 4) is 6.07 Å². The molecule has 0 unspecified atom stereocenters. The molecule has 2 aromatic heterocycles. The quantitative estimate of drug-likeness (QED) is 0.154. The van der Waals surface area contributed by atoms with E-state index >= 15 is 0 Å². The van der Waals surface area contributed by atoms with Crippen LogP contribution in [-0.2, 0) is 6.42 Å². The summed E-state index contributed by atoms with van der Waals surface area (Å²) in [5.74, 6) is -0.833. The number of carbonyl (C=O) groups is 2. The predicted octanol–water partition coefficient (Wildman–Crippen LogP) is 8.32. The van der Waals surface area contributed by atoms with Gasteiger partial charge in [0.1, 0.15) is 9.75 Å². The van der Waals surface area contributed by atoms with Crippen LogP contribution >= 0.6 is 50.6 Å². The zero-order valence-corrected chi connectivity index (χ0v) is 28.4. The molecule has 0 radical (unpaired) electrons. The van der Waals surface area contributed by atoms with Crippen molar-refractivity contribution in [2.75, 3.05) is 41.9 Å².